The molecule has 1 aromatic rings. The monoisotopic (exact) mass is 273 g/mol. The largest absolute Gasteiger partial charge is 0.309 e. The van der Waals surface area contributed by atoms with Crippen molar-refractivity contribution in [1.29, 1.82) is 0 Å². The van der Waals surface area contributed by atoms with Gasteiger partial charge in [-0.2, -0.15) is 0 Å². The maximum atomic E-state index is 6.22. The van der Waals surface area contributed by atoms with E-state index in [1.165, 1.54) is 43.4 Å². The second kappa shape index (κ2) is 8.96. The first-order valence-electron chi connectivity index (χ1n) is 6.75. The topological polar surface area (TPSA) is 12.0 Å². The van der Waals surface area contributed by atoms with E-state index in [2.05, 4.69) is 24.5 Å². The molecule has 17 heavy (non-hydrogen) atoms. The van der Waals surface area contributed by atoms with Crippen LogP contribution in [0.2, 0.25) is 5.02 Å². The molecule has 0 bridgehead atoms. The maximum absolute atomic E-state index is 6.22. The van der Waals surface area contributed by atoms with Gasteiger partial charge < -0.3 is 5.32 Å². The van der Waals surface area contributed by atoms with E-state index in [0.29, 0.717) is 6.04 Å². The number of unbranched alkanes of at least 4 members (excludes halogenated alkanes) is 3. The van der Waals surface area contributed by atoms with E-state index < -0.39 is 0 Å². The van der Waals surface area contributed by atoms with Crippen LogP contribution in [-0.4, -0.2) is 6.54 Å². The lowest BCUT2D eigenvalue weighted by Gasteiger charge is -2.17. The van der Waals surface area contributed by atoms with E-state index in [-0.39, 0.29) is 0 Å². The molecule has 0 spiro atoms. The van der Waals surface area contributed by atoms with E-state index in [9.17, 15) is 0 Å². The minimum Gasteiger partial charge on any atom is -0.309 e. The normalized spacial score (nSPS) is 12.9. The Morgan fingerprint density at radius 3 is 2.65 bits per heavy atom. The Balaban J connectivity index is 2.46. The molecule has 0 amide bonds. The van der Waals surface area contributed by atoms with E-state index in [4.69, 9.17) is 11.6 Å². The van der Waals surface area contributed by atoms with Gasteiger partial charge in [-0.05, 0) is 30.8 Å². The highest BCUT2D eigenvalue weighted by Crippen LogP contribution is 2.31. The van der Waals surface area contributed by atoms with Gasteiger partial charge in [0.15, 0.2) is 0 Å². The fourth-order valence-electron chi connectivity index (χ4n) is 1.97. The summed E-state index contributed by atoms with van der Waals surface area (Å²) >= 11 is 8.00. The lowest BCUT2D eigenvalue weighted by atomic mass is 10.1. The van der Waals surface area contributed by atoms with Crippen LogP contribution in [0, 0.1) is 0 Å². The van der Waals surface area contributed by atoms with E-state index in [1.807, 2.05) is 6.07 Å². The van der Waals surface area contributed by atoms with Crippen LogP contribution in [-0.2, 0) is 0 Å². The Labute approximate surface area is 115 Å². The Morgan fingerprint density at radius 2 is 2.06 bits per heavy atom. The molecule has 0 radical (unpaired) electrons. The molecule has 0 aromatic carbocycles. The van der Waals surface area contributed by atoms with Crippen molar-refractivity contribution in [2.24, 2.45) is 0 Å². The highest BCUT2D eigenvalue weighted by molar-refractivity contribution is 7.10. The van der Waals surface area contributed by atoms with Crippen molar-refractivity contribution >= 4 is 22.9 Å². The molecule has 1 nitrogen and oxygen atoms in total. The fraction of sp³-hybridized carbons (Fsp3) is 0.714. The predicted octanol–water partition coefficient (Wildman–Crippen LogP) is 5.41. The Morgan fingerprint density at radius 1 is 1.24 bits per heavy atom. The molecule has 1 unspecified atom stereocenters. The van der Waals surface area contributed by atoms with Crippen molar-refractivity contribution in [1.82, 2.24) is 5.32 Å². The first-order chi connectivity index (χ1) is 8.29. The second-order valence-electron chi connectivity index (χ2n) is 4.49. The van der Waals surface area contributed by atoms with Crippen LogP contribution in [0.1, 0.15) is 63.3 Å². The van der Waals surface area contributed by atoms with Crippen molar-refractivity contribution in [2.45, 2.75) is 58.4 Å². The molecular formula is C14H24ClNS. The molecule has 0 saturated carbocycles. The van der Waals surface area contributed by atoms with Gasteiger partial charge in [-0.15, -0.1) is 11.3 Å². The summed E-state index contributed by atoms with van der Waals surface area (Å²) in [6.07, 6.45) is 7.66. The predicted molar refractivity (Wildman–Crippen MR) is 79.1 cm³/mol. The van der Waals surface area contributed by atoms with Crippen LogP contribution in [0.15, 0.2) is 11.4 Å². The molecule has 0 aliphatic rings. The molecule has 3 heteroatoms. The van der Waals surface area contributed by atoms with Crippen molar-refractivity contribution in [3.05, 3.63) is 21.3 Å². The molecule has 1 N–H and O–H groups in total. The van der Waals surface area contributed by atoms with Crippen molar-refractivity contribution in [2.75, 3.05) is 6.54 Å². The minimum atomic E-state index is 0.458. The number of halogens is 1. The second-order valence-corrected chi connectivity index (χ2v) is 5.84. The molecule has 0 fully saturated rings. The van der Waals surface area contributed by atoms with Crippen molar-refractivity contribution in [3.8, 4) is 0 Å². The molecule has 0 aliphatic carbocycles. The average Bonchev–Trinajstić information content (AvgIpc) is 2.75. The SMILES string of the molecule is CCCCCCC(NCCC)c1sccc1Cl. The number of thiophene rings is 1. The van der Waals surface area contributed by atoms with Crippen LogP contribution in [0.4, 0.5) is 0 Å². The molecule has 1 atom stereocenters. The van der Waals surface area contributed by atoms with Crippen LogP contribution in [0.25, 0.3) is 0 Å². The van der Waals surface area contributed by atoms with E-state index >= 15 is 0 Å². The summed E-state index contributed by atoms with van der Waals surface area (Å²) in [4.78, 5) is 1.32. The summed E-state index contributed by atoms with van der Waals surface area (Å²) in [5.74, 6) is 0. The zero-order chi connectivity index (χ0) is 12.5. The van der Waals surface area contributed by atoms with Gasteiger partial charge in [0.1, 0.15) is 0 Å². The molecule has 0 aliphatic heterocycles. The summed E-state index contributed by atoms with van der Waals surface area (Å²) in [7, 11) is 0. The molecule has 1 heterocycles. The zero-order valence-electron chi connectivity index (χ0n) is 11.0. The van der Waals surface area contributed by atoms with Crippen LogP contribution in [0.5, 0.6) is 0 Å². The smallest absolute Gasteiger partial charge is 0.0561 e. The van der Waals surface area contributed by atoms with E-state index in [1.54, 1.807) is 11.3 Å². The summed E-state index contributed by atoms with van der Waals surface area (Å²) in [5.41, 5.74) is 0. The lowest BCUT2D eigenvalue weighted by Crippen LogP contribution is -2.21. The summed E-state index contributed by atoms with van der Waals surface area (Å²) in [6.45, 7) is 5.53. The minimum absolute atomic E-state index is 0.458. The third kappa shape index (κ3) is 5.41. The molecule has 98 valence electrons. The highest BCUT2D eigenvalue weighted by Gasteiger charge is 2.14. The zero-order valence-corrected chi connectivity index (χ0v) is 12.5. The number of hydrogen-bond acceptors (Lipinski definition) is 2. The van der Waals surface area contributed by atoms with Crippen LogP contribution < -0.4 is 5.32 Å². The van der Waals surface area contributed by atoms with Gasteiger partial charge in [-0.3, -0.25) is 0 Å². The number of nitrogens with one attached hydrogen (secondary N) is 1. The third-order valence-electron chi connectivity index (χ3n) is 2.95. The standard InChI is InChI=1S/C14H24ClNS/c1-3-5-6-7-8-13(16-10-4-2)14-12(15)9-11-17-14/h9,11,13,16H,3-8,10H2,1-2H3. The van der Waals surface area contributed by atoms with Gasteiger partial charge in [0.25, 0.3) is 0 Å². The molecular weight excluding hydrogens is 250 g/mol. The molecule has 1 rings (SSSR count). The highest BCUT2D eigenvalue weighted by atomic mass is 35.5. The molecule has 1 aromatic heterocycles. The number of rotatable bonds is 9. The van der Waals surface area contributed by atoms with Gasteiger partial charge >= 0.3 is 0 Å². The quantitative estimate of drug-likeness (QED) is 0.593. The van der Waals surface area contributed by atoms with Gasteiger partial charge in [0.2, 0.25) is 0 Å². The van der Waals surface area contributed by atoms with Gasteiger partial charge in [-0.1, -0.05) is 51.1 Å². The molecule has 0 saturated heterocycles. The van der Waals surface area contributed by atoms with E-state index in [0.717, 1.165) is 11.6 Å². The summed E-state index contributed by atoms with van der Waals surface area (Å²) < 4.78 is 0. The third-order valence-corrected chi connectivity index (χ3v) is 4.42. The summed E-state index contributed by atoms with van der Waals surface area (Å²) in [6, 6.07) is 2.47. The van der Waals surface area contributed by atoms with Gasteiger partial charge in [-0.25, -0.2) is 0 Å². The first-order valence-corrected chi connectivity index (χ1v) is 8.01. The van der Waals surface area contributed by atoms with Gasteiger partial charge in [0.05, 0.1) is 5.02 Å². The Bertz CT molecular complexity index is 298. The first kappa shape index (κ1) is 15.0. The lowest BCUT2D eigenvalue weighted by molar-refractivity contribution is 0.476. The average molecular weight is 274 g/mol. The maximum Gasteiger partial charge on any atom is 0.0561 e. The summed E-state index contributed by atoms with van der Waals surface area (Å²) in [5, 5.41) is 6.63. The van der Waals surface area contributed by atoms with Crippen molar-refractivity contribution < 1.29 is 0 Å². The van der Waals surface area contributed by atoms with Crippen LogP contribution in [0.3, 0.4) is 0 Å². The number of hydrogen-bond donors (Lipinski definition) is 1. The van der Waals surface area contributed by atoms with Gasteiger partial charge in [0, 0.05) is 10.9 Å². The van der Waals surface area contributed by atoms with Crippen molar-refractivity contribution in [3.63, 3.8) is 0 Å². The Hall–Kier alpha value is -0.0500. The van der Waals surface area contributed by atoms with Crippen LogP contribution >= 0.6 is 22.9 Å². The fourth-order valence-corrected chi connectivity index (χ4v) is 3.27. The Kier molecular flexibility index (Phi) is 7.91.